The number of amides is 1. The number of hydrogen-bond acceptors (Lipinski definition) is 7. The van der Waals surface area contributed by atoms with Crippen molar-refractivity contribution in [3.63, 3.8) is 0 Å². The number of rotatable bonds is 7. The van der Waals surface area contributed by atoms with Gasteiger partial charge in [-0.15, -0.1) is 11.3 Å². The van der Waals surface area contributed by atoms with Crippen LogP contribution in [0.3, 0.4) is 0 Å². The summed E-state index contributed by atoms with van der Waals surface area (Å²) in [4.78, 5) is 40.9. The summed E-state index contributed by atoms with van der Waals surface area (Å²) in [5, 5.41) is 3.16. The van der Waals surface area contributed by atoms with Crippen LogP contribution < -0.4 is 5.32 Å². The van der Waals surface area contributed by atoms with E-state index in [1.54, 1.807) is 6.92 Å². The molecule has 1 aromatic carbocycles. The van der Waals surface area contributed by atoms with E-state index in [0.29, 0.717) is 14.4 Å². The Hall–Kier alpha value is -2.75. The molecule has 0 spiro atoms. The number of pyridine rings is 1. The van der Waals surface area contributed by atoms with Crippen molar-refractivity contribution in [2.24, 2.45) is 0 Å². The minimum absolute atomic E-state index is 0.162. The molecular weight excluding hydrogens is 508 g/mol. The number of esters is 2. The van der Waals surface area contributed by atoms with Crippen LogP contribution in [0.15, 0.2) is 52.4 Å². The number of carbonyl (C=O) groups is 3. The fourth-order valence-electron chi connectivity index (χ4n) is 2.63. The number of carbonyl (C=O) groups excluding carboxylic acids is 3. The maximum atomic E-state index is 12.6. The summed E-state index contributed by atoms with van der Waals surface area (Å²) in [5.41, 5.74) is 1.79. The number of hydrogen-bond donors (Lipinski definition) is 1. The highest BCUT2D eigenvalue weighted by atomic mass is 79.9. The standard InChI is InChI=1S/C21H16BrClN2O5S/c1-2-29-21(28)17-16(12-6-4-3-5-7-12)18(22)31-19(17)25-15(26)11-30-20(27)13-8-9-14(23)24-10-13/h3-10H,2,11H2,1H3,(H,25,26). The number of aromatic nitrogens is 1. The van der Waals surface area contributed by atoms with Gasteiger partial charge in [0.1, 0.15) is 15.7 Å². The molecule has 7 nitrogen and oxygen atoms in total. The molecule has 2 heterocycles. The number of nitrogens with zero attached hydrogens (tertiary/aromatic N) is 1. The number of thiophene rings is 1. The van der Waals surface area contributed by atoms with E-state index < -0.39 is 24.5 Å². The van der Waals surface area contributed by atoms with E-state index in [-0.39, 0.29) is 22.9 Å². The fraction of sp³-hybridized carbons (Fsp3) is 0.143. The van der Waals surface area contributed by atoms with E-state index in [2.05, 4.69) is 26.2 Å². The van der Waals surface area contributed by atoms with Crippen LogP contribution in [-0.4, -0.2) is 36.0 Å². The highest BCUT2D eigenvalue weighted by Crippen LogP contribution is 2.44. The van der Waals surface area contributed by atoms with E-state index >= 15 is 0 Å². The quantitative estimate of drug-likeness (QED) is 0.338. The summed E-state index contributed by atoms with van der Waals surface area (Å²) in [5.74, 6) is -1.89. The zero-order valence-electron chi connectivity index (χ0n) is 16.2. The molecule has 10 heteroatoms. The minimum atomic E-state index is -0.720. The summed E-state index contributed by atoms with van der Waals surface area (Å²) in [6.07, 6.45) is 1.25. The zero-order valence-corrected chi connectivity index (χ0v) is 19.3. The molecule has 3 aromatic rings. The van der Waals surface area contributed by atoms with Crippen molar-refractivity contribution in [1.29, 1.82) is 0 Å². The van der Waals surface area contributed by atoms with E-state index in [1.807, 2.05) is 30.3 Å². The Balaban J connectivity index is 1.78. The highest BCUT2D eigenvalue weighted by Gasteiger charge is 2.26. The molecule has 31 heavy (non-hydrogen) atoms. The maximum absolute atomic E-state index is 12.6. The van der Waals surface area contributed by atoms with Crippen LogP contribution in [0.2, 0.25) is 5.15 Å². The SMILES string of the molecule is CCOC(=O)c1c(NC(=O)COC(=O)c2ccc(Cl)nc2)sc(Br)c1-c1ccccc1. The average molecular weight is 524 g/mol. The van der Waals surface area contributed by atoms with E-state index in [4.69, 9.17) is 21.1 Å². The molecule has 1 amide bonds. The first-order chi connectivity index (χ1) is 14.9. The van der Waals surface area contributed by atoms with Gasteiger partial charge in [-0.05, 0) is 40.5 Å². The molecule has 0 saturated heterocycles. The molecule has 1 N–H and O–H groups in total. The van der Waals surface area contributed by atoms with Crippen molar-refractivity contribution in [1.82, 2.24) is 4.98 Å². The first-order valence-corrected chi connectivity index (χ1v) is 11.0. The maximum Gasteiger partial charge on any atom is 0.341 e. The van der Waals surface area contributed by atoms with Gasteiger partial charge in [0.2, 0.25) is 0 Å². The van der Waals surface area contributed by atoms with Crippen molar-refractivity contribution in [2.75, 3.05) is 18.5 Å². The van der Waals surface area contributed by atoms with E-state index in [0.717, 1.165) is 5.56 Å². The lowest BCUT2D eigenvalue weighted by Gasteiger charge is -2.09. The Morgan fingerprint density at radius 3 is 2.48 bits per heavy atom. The van der Waals surface area contributed by atoms with Crippen molar-refractivity contribution in [3.05, 3.63) is 68.7 Å². The third-order valence-electron chi connectivity index (χ3n) is 3.96. The lowest BCUT2D eigenvalue weighted by Crippen LogP contribution is -2.21. The second kappa shape index (κ2) is 10.5. The van der Waals surface area contributed by atoms with Crippen LogP contribution in [0.4, 0.5) is 5.00 Å². The molecule has 2 aromatic heterocycles. The predicted octanol–water partition coefficient (Wildman–Crippen LogP) is 5.20. The monoisotopic (exact) mass is 522 g/mol. The third kappa shape index (κ3) is 5.69. The Labute approximate surface area is 195 Å². The van der Waals surface area contributed by atoms with Gasteiger partial charge in [-0.1, -0.05) is 41.9 Å². The molecule has 0 bridgehead atoms. The van der Waals surface area contributed by atoms with Crippen molar-refractivity contribution in [2.45, 2.75) is 6.92 Å². The highest BCUT2D eigenvalue weighted by molar-refractivity contribution is 9.11. The molecule has 0 atom stereocenters. The van der Waals surface area contributed by atoms with Gasteiger partial charge in [-0.3, -0.25) is 4.79 Å². The van der Waals surface area contributed by atoms with Crippen molar-refractivity contribution < 1.29 is 23.9 Å². The van der Waals surface area contributed by atoms with Gasteiger partial charge in [-0.25, -0.2) is 14.6 Å². The molecule has 0 aliphatic rings. The third-order valence-corrected chi connectivity index (χ3v) is 5.96. The first kappa shape index (κ1) is 22.9. The Bertz CT molecular complexity index is 1100. The molecule has 0 unspecified atom stereocenters. The van der Waals surface area contributed by atoms with Gasteiger partial charge in [0.25, 0.3) is 5.91 Å². The smallest absolute Gasteiger partial charge is 0.341 e. The molecule has 0 saturated carbocycles. The van der Waals surface area contributed by atoms with Gasteiger partial charge < -0.3 is 14.8 Å². The molecule has 0 fully saturated rings. The average Bonchev–Trinajstić information content (AvgIpc) is 3.08. The normalized spacial score (nSPS) is 10.4. The molecule has 0 aliphatic carbocycles. The predicted molar refractivity (Wildman–Crippen MR) is 122 cm³/mol. The summed E-state index contributed by atoms with van der Waals surface area (Å²) < 4.78 is 10.9. The molecular formula is C21H16BrClN2O5S. The molecule has 0 aliphatic heterocycles. The minimum Gasteiger partial charge on any atom is -0.462 e. The topological polar surface area (TPSA) is 94.6 Å². The summed E-state index contributed by atoms with van der Waals surface area (Å²) in [6, 6.07) is 12.1. The largest absolute Gasteiger partial charge is 0.462 e. The van der Waals surface area contributed by atoms with Gasteiger partial charge in [0.05, 0.1) is 16.0 Å². The second-order valence-electron chi connectivity index (χ2n) is 6.04. The van der Waals surface area contributed by atoms with E-state index in [9.17, 15) is 14.4 Å². The van der Waals surface area contributed by atoms with Gasteiger partial charge >= 0.3 is 11.9 Å². The van der Waals surface area contributed by atoms with Crippen LogP contribution in [0, 0.1) is 0 Å². The lowest BCUT2D eigenvalue weighted by atomic mass is 10.0. The van der Waals surface area contributed by atoms with Gasteiger partial charge in [0, 0.05) is 11.8 Å². The van der Waals surface area contributed by atoms with Crippen molar-refractivity contribution >= 4 is 61.7 Å². The first-order valence-electron chi connectivity index (χ1n) is 9.04. The van der Waals surface area contributed by atoms with Gasteiger partial charge in [0.15, 0.2) is 6.61 Å². The number of benzene rings is 1. The second-order valence-corrected chi connectivity index (χ2v) is 8.76. The number of anilines is 1. The number of nitrogens with one attached hydrogen (secondary N) is 1. The van der Waals surface area contributed by atoms with Crippen LogP contribution in [0.1, 0.15) is 27.6 Å². The van der Waals surface area contributed by atoms with Crippen molar-refractivity contribution in [3.8, 4) is 11.1 Å². The van der Waals surface area contributed by atoms with Crippen LogP contribution in [0.5, 0.6) is 0 Å². The molecule has 160 valence electrons. The summed E-state index contributed by atoms with van der Waals surface area (Å²) >= 11 is 10.3. The summed E-state index contributed by atoms with van der Waals surface area (Å²) in [6.45, 7) is 1.34. The van der Waals surface area contributed by atoms with Crippen LogP contribution >= 0.6 is 38.9 Å². The fourth-order valence-corrected chi connectivity index (χ4v) is 4.60. The molecule has 3 rings (SSSR count). The zero-order chi connectivity index (χ0) is 22.4. The Morgan fingerprint density at radius 1 is 1.10 bits per heavy atom. The number of halogens is 2. The Kier molecular flexibility index (Phi) is 7.78. The lowest BCUT2D eigenvalue weighted by molar-refractivity contribution is -0.119. The number of ether oxygens (including phenoxy) is 2. The van der Waals surface area contributed by atoms with Crippen LogP contribution in [0.25, 0.3) is 11.1 Å². The van der Waals surface area contributed by atoms with E-state index in [1.165, 1.54) is 29.7 Å². The molecule has 0 radical (unpaired) electrons. The summed E-state index contributed by atoms with van der Waals surface area (Å²) in [7, 11) is 0. The van der Waals surface area contributed by atoms with Gasteiger partial charge in [-0.2, -0.15) is 0 Å². The Morgan fingerprint density at radius 2 is 1.84 bits per heavy atom. The van der Waals surface area contributed by atoms with Crippen LogP contribution in [-0.2, 0) is 14.3 Å².